The Morgan fingerprint density at radius 1 is 1.03 bits per heavy atom. The Balaban J connectivity index is 1.87. The summed E-state index contributed by atoms with van der Waals surface area (Å²) < 4.78 is 15.9. The van der Waals surface area contributed by atoms with Gasteiger partial charge in [-0.2, -0.15) is 0 Å². The quantitative estimate of drug-likeness (QED) is 0.633. The Hall–Kier alpha value is -3.55. The third-order valence-corrected chi connectivity index (χ3v) is 5.08. The maximum Gasteiger partial charge on any atom is 0.326 e. The summed E-state index contributed by atoms with van der Waals surface area (Å²) in [6.45, 7) is 5.11. The summed E-state index contributed by atoms with van der Waals surface area (Å²) in [7, 11) is 1.52. The molecule has 8 heteroatoms. The molecule has 0 fully saturated rings. The summed E-state index contributed by atoms with van der Waals surface area (Å²) in [5, 5.41) is 0. The molecule has 2 amide bonds. The van der Waals surface area contributed by atoms with Gasteiger partial charge in [0.15, 0.2) is 18.1 Å². The molecule has 3 rings (SSSR count). The normalized spacial score (nSPS) is 13.0. The van der Waals surface area contributed by atoms with Crippen molar-refractivity contribution in [1.82, 2.24) is 0 Å². The Morgan fingerprint density at radius 3 is 2.32 bits per heavy atom. The summed E-state index contributed by atoms with van der Waals surface area (Å²) >= 11 is 0. The van der Waals surface area contributed by atoms with Crippen LogP contribution in [0.2, 0.25) is 0 Å². The lowest BCUT2D eigenvalue weighted by atomic mass is 10.0. The highest BCUT2D eigenvalue weighted by molar-refractivity contribution is 6.13. The number of aryl methyl sites for hydroxylation is 2. The molecule has 31 heavy (non-hydrogen) atoms. The van der Waals surface area contributed by atoms with Crippen LogP contribution in [0, 0.1) is 13.8 Å². The van der Waals surface area contributed by atoms with Crippen molar-refractivity contribution in [3.05, 3.63) is 47.5 Å². The number of para-hydroxylation sites is 2. The second-order valence-electron chi connectivity index (χ2n) is 7.13. The highest BCUT2D eigenvalue weighted by Gasteiger charge is 2.34. The number of hydrogen-bond donors (Lipinski definition) is 0. The molecule has 0 atom stereocenters. The van der Waals surface area contributed by atoms with Crippen molar-refractivity contribution < 1.29 is 28.6 Å². The van der Waals surface area contributed by atoms with Crippen molar-refractivity contribution in [3.63, 3.8) is 0 Å². The molecule has 0 aliphatic carbocycles. The van der Waals surface area contributed by atoms with Gasteiger partial charge in [0, 0.05) is 0 Å². The lowest BCUT2D eigenvalue weighted by Crippen LogP contribution is -2.51. The van der Waals surface area contributed by atoms with Crippen molar-refractivity contribution in [1.29, 1.82) is 0 Å². The molecule has 0 unspecified atom stereocenters. The molecule has 0 N–H and O–H groups in total. The van der Waals surface area contributed by atoms with Crippen LogP contribution in [0.4, 0.5) is 11.4 Å². The average molecular weight is 426 g/mol. The van der Waals surface area contributed by atoms with Gasteiger partial charge < -0.3 is 14.2 Å². The molecule has 1 aliphatic heterocycles. The van der Waals surface area contributed by atoms with E-state index in [0.717, 1.165) is 11.1 Å². The molecule has 1 heterocycles. The van der Waals surface area contributed by atoms with Gasteiger partial charge in [-0.25, -0.2) is 0 Å². The first-order valence-electron chi connectivity index (χ1n) is 9.99. The lowest BCUT2D eigenvalue weighted by Gasteiger charge is -2.36. The number of carbonyl (C=O) groups is 3. The predicted octanol–water partition coefficient (Wildman–Crippen LogP) is 2.63. The standard InChI is InChI=1S/C23H26N2O6/c1-5-30-23(28)13-25-18-11-16(3)15(2)10-17(18)24(12-21(25)26)22(27)14-31-20-9-7-6-8-19(20)29-4/h6-11H,5,12-14H2,1-4H3. The number of carbonyl (C=O) groups excluding carboxylic acids is 3. The van der Waals surface area contributed by atoms with Gasteiger partial charge in [-0.1, -0.05) is 12.1 Å². The highest BCUT2D eigenvalue weighted by atomic mass is 16.5. The smallest absolute Gasteiger partial charge is 0.326 e. The number of nitrogens with zero attached hydrogens (tertiary/aromatic N) is 2. The third-order valence-electron chi connectivity index (χ3n) is 5.08. The molecule has 0 saturated carbocycles. The van der Waals surface area contributed by atoms with E-state index >= 15 is 0 Å². The van der Waals surface area contributed by atoms with Gasteiger partial charge in [-0.05, 0) is 56.2 Å². The van der Waals surface area contributed by atoms with E-state index in [2.05, 4.69) is 0 Å². The van der Waals surface area contributed by atoms with E-state index in [9.17, 15) is 14.4 Å². The molecule has 2 aromatic rings. The molecule has 0 aromatic heterocycles. The molecule has 0 bridgehead atoms. The van der Waals surface area contributed by atoms with Crippen LogP contribution in [0.25, 0.3) is 0 Å². The van der Waals surface area contributed by atoms with Gasteiger partial charge in [0.2, 0.25) is 5.91 Å². The zero-order valence-electron chi connectivity index (χ0n) is 18.1. The fraction of sp³-hybridized carbons (Fsp3) is 0.348. The fourth-order valence-corrected chi connectivity index (χ4v) is 3.35. The molecular formula is C23H26N2O6. The van der Waals surface area contributed by atoms with Crippen LogP contribution >= 0.6 is 0 Å². The number of amides is 2. The van der Waals surface area contributed by atoms with Crippen LogP contribution in [0.15, 0.2) is 36.4 Å². The summed E-state index contributed by atoms with van der Waals surface area (Å²) in [6.07, 6.45) is 0. The first-order valence-corrected chi connectivity index (χ1v) is 9.99. The minimum atomic E-state index is -0.501. The minimum absolute atomic E-state index is 0.191. The number of methoxy groups -OCH3 is 1. The highest BCUT2D eigenvalue weighted by Crippen LogP contribution is 2.36. The van der Waals surface area contributed by atoms with E-state index in [1.165, 1.54) is 16.9 Å². The van der Waals surface area contributed by atoms with Gasteiger partial charge in [0.25, 0.3) is 5.91 Å². The van der Waals surface area contributed by atoms with Crippen LogP contribution in [0.3, 0.4) is 0 Å². The number of ether oxygens (including phenoxy) is 3. The second kappa shape index (κ2) is 9.51. The Kier molecular flexibility index (Phi) is 6.79. The number of benzene rings is 2. The van der Waals surface area contributed by atoms with E-state index < -0.39 is 5.97 Å². The van der Waals surface area contributed by atoms with Crippen molar-refractivity contribution in [2.24, 2.45) is 0 Å². The SMILES string of the molecule is CCOC(=O)CN1C(=O)CN(C(=O)COc2ccccc2OC)c2cc(C)c(C)cc21. The maximum atomic E-state index is 13.0. The Labute approximate surface area is 181 Å². The fourth-order valence-electron chi connectivity index (χ4n) is 3.35. The Morgan fingerprint density at radius 2 is 1.68 bits per heavy atom. The summed E-state index contributed by atoms with van der Waals surface area (Å²) in [6, 6.07) is 10.7. The number of fused-ring (bicyclic) bond motifs is 1. The predicted molar refractivity (Wildman–Crippen MR) is 116 cm³/mol. The zero-order valence-corrected chi connectivity index (χ0v) is 18.1. The van der Waals surface area contributed by atoms with Gasteiger partial charge in [0.1, 0.15) is 13.1 Å². The van der Waals surface area contributed by atoms with Gasteiger partial charge >= 0.3 is 5.97 Å². The van der Waals surface area contributed by atoms with Crippen LogP contribution < -0.4 is 19.3 Å². The van der Waals surface area contributed by atoms with E-state index in [1.807, 2.05) is 26.0 Å². The summed E-state index contributed by atoms with van der Waals surface area (Å²) in [4.78, 5) is 40.6. The minimum Gasteiger partial charge on any atom is -0.493 e. The van der Waals surface area contributed by atoms with Crippen LogP contribution in [-0.2, 0) is 19.1 Å². The number of anilines is 2. The first kappa shape index (κ1) is 22.1. The van der Waals surface area contributed by atoms with Crippen LogP contribution in [-0.4, -0.2) is 51.2 Å². The van der Waals surface area contributed by atoms with Gasteiger partial charge in [-0.3, -0.25) is 24.2 Å². The number of hydrogen-bond acceptors (Lipinski definition) is 6. The topological polar surface area (TPSA) is 85.4 Å². The molecule has 0 saturated heterocycles. The number of rotatable bonds is 7. The van der Waals surface area contributed by atoms with Crippen molar-refractivity contribution >= 4 is 29.2 Å². The first-order chi connectivity index (χ1) is 14.8. The lowest BCUT2D eigenvalue weighted by molar-refractivity contribution is -0.142. The molecule has 1 aliphatic rings. The Bertz CT molecular complexity index is 1000. The molecule has 8 nitrogen and oxygen atoms in total. The third kappa shape index (κ3) is 4.79. The molecule has 164 valence electrons. The second-order valence-corrected chi connectivity index (χ2v) is 7.13. The van der Waals surface area contributed by atoms with E-state index in [0.29, 0.717) is 22.9 Å². The number of esters is 1. The van der Waals surface area contributed by atoms with Crippen LogP contribution in [0.5, 0.6) is 11.5 Å². The molecule has 2 aromatic carbocycles. The van der Waals surface area contributed by atoms with Crippen LogP contribution in [0.1, 0.15) is 18.1 Å². The van der Waals surface area contributed by atoms with E-state index in [4.69, 9.17) is 14.2 Å². The molecular weight excluding hydrogens is 400 g/mol. The van der Waals surface area contributed by atoms with Crippen molar-refractivity contribution in [2.75, 3.05) is 43.2 Å². The summed E-state index contributed by atoms with van der Waals surface area (Å²) in [5.74, 6) is -0.295. The molecule has 0 spiro atoms. The van der Waals surface area contributed by atoms with E-state index in [1.54, 1.807) is 31.2 Å². The van der Waals surface area contributed by atoms with E-state index in [-0.39, 0.29) is 38.1 Å². The van der Waals surface area contributed by atoms with Crippen molar-refractivity contribution in [2.45, 2.75) is 20.8 Å². The van der Waals surface area contributed by atoms with Crippen molar-refractivity contribution in [3.8, 4) is 11.5 Å². The van der Waals surface area contributed by atoms with Gasteiger partial charge in [-0.15, -0.1) is 0 Å². The molecule has 0 radical (unpaired) electrons. The average Bonchev–Trinajstić information content (AvgIpc) is 2.75. The largest absolute Gasteiger partial charge is 0.493 e. The summed E-state index contributed by atoms with van der Waals surface area (Å²) in [5.41, 5.74) is 2.96. The zero-order chi connectivity index (χ0) is 22.5. The monoisotopic (exact) mass is 426 g/mol. The maximum absolute atomic E-state index is 13.0. The van der Waals surface area contributed by atoms with Gasteiger partial charge in [0.05, 0.1) is 25.1 Å².